The van der Waals surface area contributed by atoms with Crippen molar-refractivity contribution in [2.24, 2.45) is 0 Å². The van der Waals surface area contributed by atoms with Gasteiger partial charge in [0.15, 0.2) is 0 Å². The van der Waals surface area contributed by atoms with Crippen molar-refractivity contribution < 1.29 is 22.8 Å². The molecule has 0 fully saturated rings. The average molecular weight is 379 g/mol. The lowest BCUT2D eigenvalue weighted by Gasteiger charge is -2.19. The van der Waals surface area contributed by atoms with Gasteiger partial charge in [0, 0.05) is 17.3 Å². The smallest absolute Gasteiger partial charge is 0.238 e. The molecule has 2 N–H and O–H groups in total. The van der Waals surface area contributed by atoms with Crippen LogP contribution in [0.5, 0.6) is 0 Å². The van der Waals surface area contributed by atoms with Crippen molar-refractivity contribution in [2.45, 2.75) is 13.0 Å². The monoisotopic (exact) mass is 379 g/mol. The number of carbonyl (C=O) groups excluding carboxylic acids is 2. The minimum atomic E-state index is -0.745. The Morgan fingerprint density at radius 2 is 1.67 bits per heavy atom. The number of hydrogen-bond donors (Lipinski definition) is 2. The number of benzene rings is 2. The first-order valence-corrected chi connectivity index (χ1v) is 8.23. The molecular weight excluding hydrogens is 359 g/mol. The number of hydrogen-bond acceptors (Lipinski definition) is 3. The molecule has 0 aliphatic rings. The van der Waals surface area contributed by atoms with E-state index >= 15 is 0 Å². The molecule has 5 nitrogen and oxygen atoms in total. The fraction of sp³-hybridized carbons (Fsp3) is 0.263. The molecule has 0 radical (unpaired) electrons. The molecule has 2 rings (SSSR count). The topological polar surface area (TPSA) is 61.4 Å². The molecule has 27 heavy (non-hydrogen) atoms. The molecule has 0 aliphatic heterocycles. The predicted octanol–water partition coefficient (Wildman–Crippen LogP) is 2.85. The van der Waals surface area contributed by atoms with Crippen molar-refractivity contribution in [1.29, 1.82) is 0 Å². The molecule has 0 bridgehead atoms. The molecule has 0 saturated carbocycles. The van der Waals surface area contributed by atoms with Crippen molar-refractivity contribution in [3.05, 3.63) is 65.5 Å². The van der Waals surface area contributed by atoms with Crippen LogP contribution in [0.3, 0.4) is 0 Å². The summed E-state index contributed by atoms with van der Waals surface area (Å²) in [6.45, 7) is 1.37. The highest BCUT2D eigenvalue weighted by Crippen LogP contribution is 2.17. The third-order valence-corrected chi connectivity index (χ3v) is 3.74. The zero-order valence-corrected chi connectivity index (χ0v) is 14.9. The van der Waals surface area contributed by atoms with Crippen molar-refractivity contribution in [2.75, 3.05) is 25.5 Å². The standard InChI is InChI=1S/C19H20F3N3O2/c1-12(16-7-6-14(21)9-17(16)22)23-18(26)10-25(2)11-19(27)24-15-5-3-4-13(20)8-15/h3-9,12H,10-11H2,1-2H3,(H,23,26)(H,24,27)/t12-/m0/s1. The highest BCUT2D eigenvalue weighted by atomic mass is 19.1. The van der Waals surface area contributed by atoms with Gasteiger partial charge in [-0.1, -0.05) is 12.1 Å². The van der Waals surface area contributed by atoms with Gasteiger partial charge in [-0.05, 0) is 38.2 Å². The van der Waals surface area contributed by atoms with Gasteiger partial charge in [-0.3, -0.25) is 14.5 Å². The Bertz CT molecular complexity index is 830. The lowest BCUT2D eigenvalue weighted by molar-refractivity contribution is -0.123. The van der Waals surface area contributed by atoms with Crippen molar-refractivity contribution >= 4 is 17.5 Å². The molecule has 2 aromatic rings. The van der Waals surface area contributed by atoms with Crippen LogP contribution in [0, 0.1) is 17.5 Å². The molecule has 1 atom stereocenters. The SMILES string of the molecule is C[C@H](NC(=O)CN(C)CC(=O)Nc1cccc(F)c1)c1ccc(F)cc1F. The summed E-state index contributed by atoms with van der Waals surface area (Å²) in [6, 6.07) is 7.94. The van der Waals surface area contributed by atoms with E-state index in [1.807, 2.05) is 0 Å². The minimum absolute atomic E-state index is 0.0940. The molecule has 0 unspecified atom stereocenters. The van der Waals surface area contributed by atoms with E-state index in [2.05, 4.69) is 10.6 Å². The normalized spacial score (nSPS) is 11.9. The maximum Gasteiger partial charge on any atom is 0.238 e. The van der Waals surface area contributed by atoms with Gasteiger partial charge in [-0.25, -0.2) is 13.2 Å². The lowest BCUT2D eigenvalue weighted by Crippen LogP contribution is -2.39. The number of anilines is 1. The van der Waals surface area contributed by atoms with Gasteiger partial charge in [-0.2, -0.15) is 0 Å². The summed E-state index contributed by atoms with van der Waals surface area (Å²) in [5, 5.41) is 5.12. The third-order valence-electron chi connectivity index (χ3n) is 3.74. The second-order valence-corrected chi connectivity index (χ2v) is 6.19. The van der Waals surface area contributed by atoms with Crippen molar-refractivity contribution in [3.8, 4) is 0 Å². The summed E-state index contributed by atoms with van der Waals surface area (Å²) < 4.78 is 39.8. The van der Waals surface area contributed by atoms with Gasteiger partial charge < -0.3 is 10.6 Å². The van der Waals surface area contributed by atoms with Crippen LogP contribution in [-0.2, 0) is 9.59 Å². The minimum Gasteiger partial charge on any atom is -0.348 e. The van der Waals surface area contributed by atoms with E-state index in [4.69, 9.17) is 0 Å². The molecule has 144 valence electrons. The Kier molecular flexibility index (Phi) is 6.95. The van der Waals surface area contributed by atoms with Gasteiger partial charge in [0.25, 0.3) is 0 Å². The van der Waals surface area contributed by atoms with Crippen LogP contribution in [0.15, 0.2) is 42.5 Å². The summed E-state index contributed by atoms with van der Waals surface area (Å²) in [7, 11) is 1.56. The number of halogens is 3. The maximum absolute atomic E-state index is 13.7. The Labute approximate surface area is 155 Å². The van der Waals surface area contributed by atoms with Crippen LogP contribution >= 0.6 is 0 Å². The third kappa shape index (κ3) is 6.41. The van der Waals surface area contributed by atoms with E-state index in [0.29, 0.717) is 5.69 Å². The van der Waals surface area contributed by atoms with E-state index in [-0.39, 0.29) is 18.7 Å². The largest absolute Gasteiger partial charge is 0.348 e. The van der Waals surface area contributed by atoms with Crippen LogP contribution in [0.4, 0.5) is 18.9 Å². The predicted molar refractivity (Wildman–Crippen MR) is 95.4 cm³/mol. The van der Waals surface area contributed by atoms with Crippen LogP contribution in [-0.4, -0.2) is 36.9 Å². The molecule has 8 heteroatoms. The van der Waals surface area contributed by atoms with E-state index in [1.165, 1.54) is 29.2 Å². The van der Waals surface area contributed by atoms with Gasteiger partial charge >= 0.3 is 0 Å². The Balaban J connectivity index is 1.83. The summed E-state index contributed by atoms with van der Waals surface area (Å²) in [5.74, 6) is -2.74. The molecule has 0 aliphatic carbocycles. The zero-order chi connectivity index (χ0) is 20.0. The Morgan fingerprint density at radius 3 is 2.33 bits per heavy atom. The first-order chi connectivity index (χ1) is 12.7. The first-order valence-electron chi connectivity index (χ1n) is 8.23. The Morgan fingerprint density at radius 1 is 1.00 bits per heavy atom. The van der Waals surface area contributed by atoms with Gasteiger partial charge in [0.1, 0.15) is 17.5 Å². The summed E-state index contributed by atoms with van der Waals surface area (Å²) in [4.78, 5) is 25.5. The lowest BCUT2D eigenvalue weighted by atomic mass is 10.1. The number of nitrogens with zero attached hydrogens (tertiary/aromatic N) is 1. The average Bonchev–Trinajstić information content (AvgIpc) is 2.53. The van der Waals surface area contributed by atoms with Crippen LogP contribution < -0.4 is 10.6 Å². The molecular formula is C19H20F3N3O2. The van der Waals surface area contributed by atoms with Crippen LogP contribution in [0.2, 0.25) is 0 Å². The number of rotatable bonds is 7. The van der Waals surface area contributed by atoms with Gasteiger partial charge in [0.05, 0.1) is 19.1 Å². The fourth-order valence-electron chi connectivity index (χ4n) is 2.53. The number of carbonyl (C=O) groups is 2. The quantitative estimate of drug-likeness (QED) is 0.778. The van der Waals surface area contributed by atoms with E-state index in [0.717, 1.165) is 12.1 Å². The molecule has 2 aromatic carbocycles. The molecule has 2 amide bonds. The van der Waals surface area contributed by atoms with Crippen molar-refractivity contribution in [3.63, 3.8) is 0 Å². The number of amides is 2. The zero-order valence-electron chi connectivity index (χ0n) is 14.9. The second-order valence-electron chi connectivity index (χ2n) is 6.19. The molecule has 0 heterocycles. The maximum atomic E-state index is 13.7. The molecule has 0 saturated heterocycles. The van der Waals surface area contributed by atoms with Crippen molar-refractivity contribution in [1.82, 2.24) is 10.2 Å². The van der Waals surface area contributed by atoms with E-state index in [1.54, 1.807) is 20.0 Å². The summed E-state index contributed by atoms with van der Waals surface area (Å²) in [5.41, 5.74) is 0.481. The van der Waals surface area contributed by atoms with Crippen LogP contribution in [0.1, 0.15) is 18.5 Å². The van der Waals surface area contributed by atoms with E-state index in [9.17, 15) is 22.8 Å². The molecule has 0 spiro atoms. The molecule has 0 aromatic heterocycles. The van der Waals surface area contributed by atoms with Crippen LogP contribution in [0.25, 0.3) is 0 Å². The van der Waals surface area contributed by atoms with E-state index < -0.39 is 35.3 Å². The van der Waals surface area contributed by atoms with Gasteiger partial charge in [-0.15, -0.1) is 0 Å². The highest BCUT2D eigenvalue weighted by molar-refractivity contribution is 5.92. The second kappa shape index (κ2) is 9.18. The first kappa shape index (κ1) is 20.4. The number of likely N-dealkylation sites (N-methyl/N-ethyl adjacent to an activating group) is 1. The fourth-order valence-corrected chi connectivity index (χ4v) is 2.53. The van der Waals surface area contributed by atoms with Gasteiger partial charge in [0.2, 0.25) is 11.8 Å². The Hall–Kier alpha value is -2.87. The summed E-state index contributed by atoms with van der Waals surface area (Å²) in [6.07, 6.45) is 0. The highest BCUT2D eigenvalue weighted by Gasteiger charge is 2.16. The summed E-state index contributed by atoms with van der Waals surface area (Å²) >= 11 is 0. The number of nitrogens with one attached hydrogen (secondary N) is 2.